The molecule has 2 rings (SSSR count). The number of carbonyl (C=O) groups is 1. The largest absolute Gasteiger partial charge is 0.398 e. The summed E-state index contributed by atoms with van der Waals surface area (Å²) >= 11 is 0. The number of benzene rings is 1. The molecule has 6 nitrogen and oxygen atoms in total. The Balaban J connectivity index is 1.95. The average molecular weight is 261 g/mol. The number of nitrogens with zero attached hydrogens (tertiary/aromatic N) is 1. The Morgan fingerprint density at radius 2 is 2.26 bits per heavy atom. The van der Waals surface area contributed by atoms with Crippen LogP contribution in [0.1, 0.15) is 21.8 Å². The predicted molar refractivity (Wildman–Crippen MR) is 69.2 cm³/mol. The quantitative estimate of drug-likeness (QED) is 0.792. The molecule has 2 aromatic rings. The minimum Gasteiger partial charge on any atom is -0.398 e. The lowest BCUT2D eigenvalue weighted by Gasteiger charge is -2.05. The normalized spacial score (nSPS) is 10.4. The number of methoxy groups -OCH3 is 1. The molecule has 1 aromatic carbocycles. The highest BCUT2D eigenvalue weighted by Crippen LogP contribution is 2.10. The highest BCUT2D eigenvalue weighted by Gasteiger charge is 2.12. The molecule has 0 aliphatic rings. The summed E-state index contributed by atoms with van der Waals surface area (Å²) in [5, 5.41) is 6.40. The van der Waals surface area contributed by atoms with E-state index in [1.165, 1.54) is 0 Å². The molecule has 0 unspecified atom stereocenters. The van der Waals surface area contributed by atoms with Crippen LogP contribution < -0.4 is 11.1 Å². The van der Waals surface area contributed by atoms with Crippen LogP contribution in [0.3, 0.4) is 0 Å². The summed E-state index contributed by atoms with van der Waals surface area (Å²) in [6, 6.07) is 8.90. The molecule has 0 aliphatic carbocycles. The molecule has 6 heteroatoms. The zero-order valence-electron chi connectivity index (χ0n) is 10.6. The molecule has 19 heavy (non-hydrogen) atoms. The molecule has 1 heterocycles. The molecule has 100 valence electrons. The highest BCUT2D eigenvalue weighted by molar-refractivity contribution is 5.92. The van der Waals surface area contributed by atoms with Crippen molar-refractivity contribution in [3.05, 3.63) is 47.3 Å². The molecule has 1 amide bonds. The van der Waals surface area contributed by atoms with E-state index in [0.717, 1.165) is 5.56 Å². The summed E-state index contributed by atoms with van der Waals surface area (Å²) in [6.45, 7) is 0.629. The van der Waals surface area contributed by atoms with Crippen molar-refractivity contribution in [2.45, 2.75) is 13.2 Å². The first-order valence-corrected chi connectivity index (χ1v) is 5.77. The van der Waals surface area contributed by atoms with E-state index < -0.39 is 0 Å². The van der Waals surface area contributed by atoms with Gasteiger partial charge in [0.05, 0.1) is 0 Å². The van der Waals surface area contributed by atoms with E-state index in [2.05, 4.69) is 10.5 Å². The van der Waals surface area contributed by atoms with Gasteiger partial charge < -0.3 is 20.3 Å². The molecule has 1 aromatic heterocycles. The summed E-state index contributed by atoms with van der Waals surface area (Å²) < 4.78 is 9.83. The van der Waals surface area contributed by atoms with Crippen molar-refractivity contribution in [1.82, 2.24) is 10.5 Å². The molecular formula is C13H15N3O3. The van der Waals surface area contributed by atoms with Gasteiger partial charge in [-0.3, -0.25) is 4.79 Å². The number of rotatable bonds is 5. The lowest BCUT2D eigenvalue weighted by atomic mass is 10.2. The standard InChI is InChI=1S/C13H15N3O3/c1-18-8-10-6-12(16-19-10)13(17)15-7-9-4-2-3-5-11(9)14/h2-6H,7-8,14H2,1H3,(H,15,17). The Kier molecular flexibility index (Phi) is 4.15. The maximum Gasteiger partial charge on any atom is 0.273 e. The first-order valence-electron chi connectivity index (χ1n) is 5.77. The van der Waals surface area contributed by atoms with Gasteiger partial charge in [0.2, 0.25) is 0 Å². The van der Waals surface area contributed by atoms with Crippen LogP contribution in [0.5, 0.6) is 0 Å². The third-order valence-corrected chi connectivity index (χ3v) is 2.57. The number of hydrogen-bond acceptors (Lipinski definition) is 5. The maximum atomic E-state index is 11.8. The number of anilines is 1. The second-order valence-electron chi connectivity index (χ2n) is 3.99. The van der Waals surface area contributed by atoms with E-state index in [-0.39, 0.29) is 18.2 Å². The number of nitrogens with two attached hydrogens (primary N) is 1. The first-order chi connectivity index (χ1) is 9.20. The van der Waals surface area contributed by atoms with Crippen molar-refractivity contribution in [3.63, 3.8) is 0 Å². The van der Waals surface area contributed by atoms with E-state index in [4.69, 9.17) is 15.0 Å². The molecule has 0 bridgehead atoms. The Hall–Kier alpha value is -2.34. The van der Waals surface area contributed by atoms with Crippen molar-refractivity contribution in [2.75, 3.05) is 12.8 Å². The van der Waals surface area contributed by atoms with Crippen LogP contribution >= 0.6 is 0 Å². The number of amides is 1. The SMILES string of the molecule is COCc1cc(C(=O)NCc2ccccc2N)no1. The fourth-order valence-corrected chi connectivity index (χ4v) is 1.59. The van der Waals surface area contributed by atoms with Gasteiger partial charge in [0.15, 0.2) is 11.5 Å². The van der Waals surface area contributed by atoms with E-state index in [0.29, 0.717) is 18.0 Å². The lowest BCUT2D eigenvalue weighted by Crippen LogP contribution is -2.23. The summed E-state index contributed by atoms with van der Waals surface area (Å²) in [4.78, 5) is 11.8. The van der Waals surface area contributed by atoms with Gasteiger partial charge >= 0.3 is 0 Å². The molecule has 0 radical (unpaired) electrons. The van der Waals surface area contributed by atoms with Gasteiger partial charge in [-0.25, -0.2) is 0 Å². The van der Waals surface area contributed by atoms with Crippen molar-refractivity contribution >= 4 is 11.6 Å². The smallest absolute Gasteiger partial charge is 0.273 e. The Morgan fingerprint density at radius 1 is 1.47 bits per heavy atom. The first kappa shape index (κ1) is 13.1. The van der Waals surface area contributed by atoms with E-state index in [1.54, 1.807) is 19.2 Å². The van der Waals surface area contributed by atoms with Crippen molar-refractivity contribution < 1.29 is 14.1 Å². The van der Waals surface area contributed by atoms with Gasteiger partial charge in [-0.05, 0) is 11.6 Å². The maximum absolute atomic E-state index is 11.8. The summed E-state index contributed by atoms with van der Waals surface area (Å²) in [6.07, 6.45) is 0. The summed E-state index contributed by atoms with van der Waals surface area (Å²) in [5.74, 6) is 0.196. The van der Waals surface area contributed by atoms with Gasteiger partial charge in [-0.1, -0.05) is 23.4 Å². The number of nitrogens with one attached hydrogen (secondary N) is 1. The van der Waals surface area contributed by atoms with Crippen LogP contribution in [-0.4, -0.2) is 18.2 Å². The van der Waals surface area contributed by atoms with Crippen LogP contribution in [0.15, 0.2) is 34.9 Å². The van der Waals surface area contributed by atoms with Crippen molar-refractivity contribution in [2.24, 2.45) is 0 Å². The summed E-state index contributed by atoms with van der Waals surface area (Å²) in [7, 11) is 1.54. The zero-order valence-corrected chi connectivity index (χ0v) is 10.6. The number of ether oxygens (including phenoxy) is 1. The monoisotopic (exact) mass is 261 g/mol. The fourth-order valence-electron chi connectivity index (χ4n) is 1.59. The lowest BCUT2D eigenvalue weighted by molar-refractivity contribution is 0.0941. The Bertz CT molecular complexity index is 566. The number of para-hydroxylation sites is 1. The van der Waals surface area contributed by atoms with Gasteiger partial charge in [0.25, 0.3) is 5.91 Å². The molecule has 0 atom stereocenters. The van der Waals surface area contributed by atoms with Crippen LogP contribution in [0.2, 0.25) is 0 Å². The van der Waals surface area contributed by atoms with Crippen molar-refractivity contribution in [1.29, 1.82) is 0 Å². The predicted octanol–water partition coefficient (Wildman–Crippen LogP) is 1.33. The molecular weight excluding hydrogens is 246 g/mol. The van der Waals surface area contributed by atoms with Crippen LogP contribution in [0.4, 0.5) is 5.69 Å². The third kappa shape index (κ3) is 3.32. The zero-order chi connectivity index (χ0) is 13.7. The van der Waals surface area contributed by atoms with Gasteiger partial charge in [-0.15, -0.1) is 0 Å². The van der Waals surface area contributed by atoms with E-state index in [9.17, 15) is 4.79 Å². The Labute approximate surface area is 110 Å². The minimum atomic E-state index is -0.311. The van der Waals surface area contributed by atoms with Gasteiger partial charge in [0.1, 0.15) is 6.61 Å². The van der Waals surface area contributed by atoms with Crippen LogP contribution in [-0.2, 0) is 17.9 Å². The fraction of sp³-hybridized carbons (Fsp3) is 0.231. The minimum absolute atomic E-state index is 0.224. The molecule has 0 fully saturated rings. The molecule has 0 spiro atoms. The number of carbonyl (C=O) groups excluding carboxylic acids is 1. The topological polar surface area (TPSA) is 90.4 Å². The number of aromatic nitrogens is 1. The second-order valence-corrected chi connectivity index (χ2v) is 3.99. The van der Waals surface area contributed by atoms with Crippen molar-refractivity contribution in [3.8, 4) is 0 Å². The highest BCUT2D eigenvalue weighted by atomic mass is 16.5. The van der Waals surface area contributed by atoms with Gasteiger partial charge in [0, 0.05) is 25.4 Å². The summed E-state index contributed by atoms with van der Waals surface area (Å²) in [5.41, 5.74) is 7.51. The van der Waals surface area contributed by atoms with Crippen LogP contribution in [0.25, 0.3) is 0 Å². The molecule has 0 aliphatic heterocycles. The molecule has 0 saturated carbocycles. The second kappa shape index (κ2) is 6.01. The van der Waals surface area contributed by atoms with Gasteiger partial charge in [-0.2, -0.15) is 0 Å². The molecule has 3 N–H and O–H groups in total. The van der Waals surface area contributed by atoms with E-state index in [1.807, 2.05) is 18.2 Å². The van der Waals surface area contributed by atoms with Crippen LogP contribution in [0, 0.1) is 0 Å². The average Bonchev–Trinajstić information content (AvgIpc) is 2.87. The Morgan fingerprint density at radius 3 is 3.00 bits per heavy atom. The number of hydrogen-bond donors (Lipinski definition) is 2. The van der Waals surface area contributed by atoms with E-state index >= 15 is 0 Å². The molecule has 0 saturated heterocycles. The number of nitrogen functional groups attached to an aromatic ring is 1. The third-order valence-electron chi connectivity index (χ3n) is 2.57.